The van der Waals surface area contributed by atoms with Gasteiger partial charge in [-0.3, -0.25) is 0 Å². The molecule has 0 aliphatic rings. The van der Waals surface area contributed by atoms with Crippen LogP contribution in [-0.2, 0) is 15.5 Å². The third-order valence-electron chi connectivity index (χ3n) is 1.55. The largest absolute Gasteiger partial charge is 0.240 e. The SMILES string of the molecule is O=C=Nc1ccc(CCl)c(N=C=O)c1. The first-order valence-corrected chi connectivity index (χ1v) is 4.20. The Morgan fingerprint density at radius 2 is 1.93 bits per heavy atom. The van der Waals surface area contributed by atoms with Crippen LogP contribution in [0.2, 0.25) is 0 Å². The number of hydrogen-bond donors (Lipinski definition) is 0. The van der Waals surface area contributed by atoms with Crippen molar-refractivity contribution in [1.29, 1.82) is 0 Å². The van der Waals surface area contributed by atoms with E-state index in [0.29, 0.717) is 16.9 Å². The molecule has 1 aromatic carbocycles. The molecule has 14 heavy (non-hydrogen) atoms. The number of halogens is 1. The first-order chi connectivity index (χ1) is 6.81. The fourth-order valence-corrected chi connectivity index (χ4v) is 1.17. The number of rotatable bonds is 3. The highest BCUT2D eigenvalue weighted by Crippen LogP contribution is 2.26. The first kappa shape index (κ1) is 10.4. The lowest BCUT2D eigenvalue weighted by Gasteiger charge is -1.99. The van der Waals surface area contributed by atoms with Gasteiger partial charge in [0.2, 0.25) is 12.2 Å². The lowest BCUT2D eigenvalue weighted by molar-refractivity contribution is 0.565. The molecule has 0 spiro atoms. The molecule has 0 N–H and O–H groups in total. The quantitative estimate of drug-likeness (QED) is 0.435. The van der Waals surface area contributed by atoms with Crippen molar-refractivity contribution in [3.8, 4) is 0 Å². The summed E-state index contributed by atoms with van der Waals surface area (Å²) in [4.78, 5) is 26.9. The Morgan fingerprint density at radius 1 is 1.21 bits per heavy atom. The average Bonchev–Trinajstić information content (AvgIpc) is 2.19. The van der Waals surface area contributed by atoms with Crippen LogP contribution in [0.25, 0.3) is 0 Å². The van der Waals surface area contributed by atoms with E-state index in [9.17, 15) is 9.59 Å². The number of carbonyl (C=O) groups excluding carboxylic acids is 2. The van der Waals surface area contributed by atoms with Crippen LogP contribution >= 0.6 is 11.6 Å². The zero-order valence-electron chi connectivity index (χ0n) is 7.03. The summed E-state index contributed by atoms with van der Waals surface area (Å²) in [5, 5.41) is 0. The highest BCUT2D eigenvalue weighted by Gasteiger charge is 2.01. The minimum Gasteiger partial charge on any atom is -0.211 e. The Kier molecular flexibility index (Phi) is 3.77. The summed E-state index contributed by atoms with van der Waals surface area (Å²) in [5.41, 5.74) is 1.43. The number of isocyanates is 2. The third-order valence-corrected chi connectivity index (χ3v) is 1.84. The summed E-state index contributed by atoms with van der Waals surface area (Å²) in [6.07, 6.45) is 2.80. The van der Waals surface area contributed by atoms with E-state index in [1.54, 1.807) is 12.1 Å². The van der Waals surface area contributed by atoms with Gasteiger partial charge in [0.25, 0.3) is 0 Å². The third kappa shape index (κ3) is 2.38. The molecule has 0 heterocycles. The van der Waals surface area contributed by atoms with Gasteiger partial charge in [0.1, 0.15) is 0 Å². The topological polar surface area (TPSA) is 58.9 Å². The van der Waals surface area contributed by atoms with Crippen molar-refractivity contribution in [2.45, 2.75) is 5.88 Å². The first-order valence-electron chi connectivity index (χ1n) is 3.66. The van der Waals surface area contributed by atoms with Gasteiger partial charge in [0.15, 0.2) is 0 Å². The fourth-order valence-electron chi connectivity index (χ4n) is 0.941. The van der Waals surface area contributed by atoms with Crippen LogP contribution in [0, 0.1) is 0 Å². The Labute approximate surface area is 84.9 Å². The lowest BCUT2D eigenvalue weighted by Crippen LogP contribution is -1.78. The highest BCUT2D eigenvalue weighted by molar-refractivity contribution is 6.17. The second kappa shape index (κ2) is 5.10. The molecular weight excluding hydrogens is 204 g/mol. The molecule has 0 unspecified atom stereocenters. The molecule has 0 fully saturated rings. The number of hydrogen-bond acceptors (Lipinski definition) is 4. The number of alkyl halides is 1. The molecule has 0 amide bonds. The van der Waals surface area contributed by atoms with E-state index in [1.165, 1.54) is 18.2 Å². The van der Waals surface area contributed by atoms with Crippen molar-refractivity contribution in [3.63, 3.8) is 0 Å². The molecule has 1 rings (SSSR count). The van der Waals surface area contributed by atoms with E-state index < -0.39 is 0 Å². The Bertz CT molecular complexity index is 432. The van der Waals surface area contributed by atoms with Gasteiger partial charge in [-0.05, 0) is 17.7 Å². The van der Waals surface area contributed by atoms with Crippen LogP contribution in [-0.4, -0.2) is 12.2 Å². The second-order valence-corrected chi connectivity index (χ2v) is 2.62. The van der Waals surface area contributed by atoms with Crippen molar-refractivity contribution in [2.75, 3.05) is 0 Å². The number of aliphatic imine (C=N–C) groups is 2. The normalized spacial score (nSPS) is 8.64. The zero-order valence-corrected chi connectivity index (χ0v) is 7.78. The van der Waals surface area contributed by atoms with Crippen LogP contribution < -0.4 is 0 Å². The standard InChI is InChI=1S/C9H5ClN2O2/c10-4-7-1-2-8(11-5-13)3-9(7)12-6-14/h1-3H,4H2. The van der Waals surface area contributed by atoms with Gasteiger partial charge in [0, 0.05) is 5.88 Å². The predicted molar refractivity (Wildman–Crippen MR) is 51.6 cm³/mol. The molecule has 1 aromatic rings. The molecule has 0 aliphatic carbocycles. The minimum absolute atomic E-state index is 0.228. The minimum atomic E-state index is 0.228. The van der Waals surface area contributed by atoms with Crippen LogP contribution in [0.15, 0.2) is 28.2 Å². The smallest absolute Gasteiger partial charge is 0.211 e. The summed E-state index contributed by atoms with van der Waals surface area (Å²) in [6, 6.07) is 4.69. The van der Waals surface area contributed by atoms with E-state index >= 15 is 0 Å². The van der Waals surface area contributed by atoms with Crippen molar-refractivity contribution < 1.29 is 9.59 Å². The van der Waals surface area contributed by atoms with Gasteiger partial charge < -0.3 is 0 Å². The molecule has 4 nitrogen and oxygen atoms in total. The molecule has 0 aromatic heterocycles. The summed E-state index contributed by atoms with van der Waals surface area (Å²) >= 11 is 5.60. The van der Waals surface area contributed by atoms with Gasteiger partial charge in [-0.15, -0.1) is 11.6 Å². The van der Waals surface area contributed by atoms with Crippen molar-refractivity contribution in [2.24, 2.45) is 9.98 Å². The predicted octanol–water partition coefficient (Wildman–Crippen LogP) is 2.36. The molecule has 70 valence electrons. The van der Waals surface area contributed by atoms with Crippen LogP contribution in [0.1, 0.15) is 5.56 Å². The molecule has 5 heteroatoms. The summed E-state index contributed by atoms with van der Waals surface area (Å²) in [5.74, 6) is 0.228. The van der Waals surface area contributed by atoms with E-state index in [2.05, 4.69) is 9.98 Å². The lowest BCUT2D eigenvalue weighted by atomic mass is 10.2. The van der Waals surface area contributed by atoms with Crippen molar-refractivity contribution in [3.05, 3.63) is 23.8 Å². The van der Waals surface area contributed by atoms with Crippen LogP contribution in [0.5, 0.6) is 0 Å². The molecule has 0 saturated heterocycles. The highest BCUT2D eigenvalue weighted by atomic mass is 35.5. The van der Waals surface area contributed by atoms with Crippen LogP contribution in [0.4, 0.5) is 11.4 Å². The van der Waals surface area contributed by atoms with Crippen molar-refractivity contribution >= 4 is 35.1 Å². The monoisotopic (exact) mass is 208 g/mol. The van der Waals surface area contributed by atoms with E-state index in [4.69, 9.17) is 11.6 Å². The zero-order chi connectivity index (χ0) is 10.4. The maximum Gasteiger partial charge on any atom is 0.240 e. The number of nitrogens with zero attached hydrogens (tertiary/aromatic N) is 2. The van der Waals surface area contributed by atoms with Gasteiger partial charge in [-0.25, -0.2) is 9.59 Å². The van der Waals surface area contributed by atoms with Gasteiger partial charge in [-0.1, -0.05) is 6.07 Å². The summed E-state index contributed by atoms with van der Waals surface area (Å²) in [7, 11) is 0. The van der Waals surface area contributed by atoms with Gasteiger partial charge in [0.05, 0.1) is 11.4 Å². The second-order valence-electron chi connectivity index (χ2n) is 2.35. The fraction of sp³-hybridized carbons (Fsp3) is 0.111. The van der Waals surface area contributed by atoms with E-state index in [0.717, 1.165) is 0 Å². The van der Waals surface area contributed by atoms with Gasteiger partial charge in [-0.2, -0.15) is 9.98 Å². The molecule has 0 bridgehead atoms. The van der Waals surface area contributed by atoms with Crippen LogP contribution in [0.3, 0.4) is 0 Å². The Hall–Kier alpha value is -1.73. The van der Waals surface area contributed by atoms with E-state index in [1.807, 2.05) is 0 Å². The molecule has 0 radical (unpaired) electrons. The maximum absolute atomic E-state index is 10.1. The summed E-state index contributed by atoms with van der Waals surface area (Å²) < 4.78 is 0. The number of benzene rings is 1. The summed E-state index contributed by atoms with van der Waals surface area (Å²) in [6.45, 7) is 0. The van der Waals surface area contributed by atoms with E-state index in [-0.39, 0.29) is 5.88 Å². The van der Waals surface area contributed by atoms with Gasteiger partial charge >= 0.3 is 0 Å². The molecule has 0 saturated carbocycles. The Balaban J connectivity index is 3.26. The molecular formula is C9H5ClN2O2. The molecule has 0 atom stereocenters. The maximum atomic E-state index is 10.1. The average molecular weight is 209 g/mol. The molecule has 0 aliphatic heterocycles. The van der Waals surface area contributed by atoms with Crippen molar-refractivity contribution in [1.82, 2.24) is 0 Å². The Morgan fingerprint density at radius 3 is 2.50 bits per heavy atom.